The van der Waals surface area contributed by atoms with Crippen molar-refractivity contribution >= 4 is 18.3 Å². The summed E-state index contributed by atoms with van der Waals surface area (Å²) in [5, 5.41) is 3.48. The lowest BCUT2D eigenvalue weighted by Crippen LogP contribution is -2.36. The fourth-order valence-electron chi connectivity index (χ4n) is 4.30. The van der Waals surface area contributed by atoms with Crippen LogP contribution in [0.4, 0.5) is 0 Å². The van der Waals surface area contributed by atoms with Crippen molar-refractivity contribution < 1.29 is 9.53 Å². The molecule has 2 aliphatic rings. The van der Waals surface area contributed by atoms with Crippen molar-refractivity contribution in [3.63, 3.8) is 0 Å². The quantitative estimate of drug-likeness (QED) is 0.834. The Morgan fingerprint density at radius 3 is 2.32 bits per heavy atom. The molecule has 1 N–H and O–H groups in total. The number of hydrogen-bond acceptors (Lipinski definition) is 3. The van der Waals surface area contributed by atoms with Gasteiger partial charge in [-0.2, -0.15) is 0 Å². The molecule has 150 valence electrons. The molecule has 0 unspecified atom stereocenters. The van der Waals surface area contributed by atoms with Crippen LogP contribution in [-0.2, 0) is 11.2 Å². The average Bonchev–Trinajstić information content (AvgIpc) is 3.06. The van der Waals surface area contributed by atoms with E-state index in [1.807, 2.05) is 41.3 Å². The van der Waals surface area contributed by atoms with Crippen molar-refractivity contribution in [2.75, 3.05) is 32.8 Å². The number of likely N-dealkylation sites (tertiary alicyclic amines) is 1. The molecule has 28 heavy (non-hydrogen) atoms. The van der Waals surface area contributed by atoms with E-state index in [0.29, 0.717) is 0 Å². The molecular formula is C23H29ClN2O2. The predicted molar refractivity (Wildman–Crippen MR) is 114 cm³/mol. The maximum atomic E-state index is 12.7. The standard InChI is InChI=1S/C23H28N2O2.ClH/c26-23(25-12-10-20-15-24-16-21(20)11-13-25)17-27-22-9-5-4-8-19(22)14-18-6-2-1-3-7-18;/h1-9,20-21,24H,10-17H2;1H/t20-,21+;. The number of nitrogens with zero attached hydrogens (tertiary/aromatic N) is 1. The molecule has 5 heteroatoms. The van der Waals surface area contributed by atoms with Gasteiger partial charge in [-0.1, -0.05) is 48.5 Å². The second kappa shape index (κ2) is 9.94. The molecule has 4 nitrogen and oxygen atoms in total. The minimum absolute atomic E-state index is 0. The fraction of sp³-hybridized carbons (Fsp3) is 0.435. The molecular weight excluding hydrogens is 372 g/mol. The minimum atomic E-state index is 0. The summed E-state index contributed by atoms with van der Waals surface area (Å²) in [6.07, 6.45) is 3.02. The fourth-order valence-corrected chi connectivity index (χ4v) is 4.30. The first-order chi connectivity index (χ1) is 13.3. The van der Waals surface area contributed by atoms with Gasteiger partial charge in [0.25, 0.3) is 5.91 Å². The van der Waals surface area contributed by atoms with E-state index in [4.69, 9.17) is 4.74 Å². The number of rotatable bonds is 5. The first-order valence-electron chi connectivity index (χ1n) is 10.0. The summed E-state index contributed by atoms with van der Waals surface area (Å²) in [5.74, 6) is 2.38. The normalized spacial score (nSPS) is 21.4. The number of ether oxygens (including phenoxy) is 1. The first-order valence-corrected chi connectivity index (χ1v) is 10.0. The van der Waals surface area contributed by atoms with Crippen LogP contribution >= 0.6 is 12.4 Å². The SMILES string of the molecule is Cl.O=C(COc1ccccc1Cc1ccccc1)N1CC[C@@H]2CNC[C@@H]2CC1. The van der Waals surface area contributed by atoms with Crippen LogP contribution in [0, 0.1) is 11.8 Å². The van der Waals surface area contributed by atoms with Crippen molar-refractivity contribution in [2.24, 2.45) is 11.8 Å². The van der Waals surface area contributed by atoms with E-state index >= 15 is 0 Å². The number of carbonyl (C=O) groups excluding carboxylic acids is 1. The van der Waals surface area contributed by atoms with Gasteiger partial charge in [0.05, 0.1) is 0 Å². The Morgan fingerprint density at radius 1 is 0.964 bits per heavy atom. The zero-order valence-electron chi connectivity index (χ0n) is 16.2. The number of fused-ring (bicyclic) bond motifs is 1. The van der Waals surface area contributed by atoms with E-state index < -0.39 is 0 Å². The average molecular weight is 401 g/mol. The summed E-state index contributed by atoms with van der Waals surface area (Å²) >= 11 is 0. The van der Waals surface area contributed by atoms with E-state index in [2.05, 4.69) is 23.5 Å². The highest BCUT2D eigenvalue weighted by Crippen LogP contribution is 2.27. The van der Waals surface area contributed by atoms with E-state index in [9.17, 15) is 4.79 Å². The lowest BCUT2D eigenvalue weighted by Gasteiger charge is -2.21. The van der Waals surface area contributed by atoms with Crippen LogP contribution in [0.3, 0.4) is 0 Å². The van der Waals surface area contributed by atoms with Crippen LogP contribution in [-0.4, -0.2) is 43.6 Å². The second-order valence-electron chi connectivity index (χ2n) is 7.70. The minimum Gasteiger partial charge on any atom is -0.483 e. The van der Waals surface area contributed by atoms with Crippen molar-refractivity contribution in [1.29, 1.82) is 0 Å². The van der Waals surface area contributed by atoms with Gasteiger partial charge < -0.3 is 15.0 Å². The molecule has 0 saturated carbocycles. The molecule has 1 amide bonds. The summed E-state index contributed by atoms with van der Waals surface area (Å²) in [7, 11) is 0. The molecule has 2 atom stereocenters. The summed E-state index contributed by atoms with van der Waals surface area (Å²) < 4.78 is 5.96. The van der Waals surface area contributed by atoms with Crippen LogP contribution in [0.1, 0.15) is 24.0 Å². The Morgan fingerprint density at radius 2 is 1.61 bits per heavy atom. The van der Waals surface area contributed by atoms with Gasteiger partial charge >= 0.3 is 0 Å². The third-order valence-corrected chi connectivity index (χ3v) is 5.93. The van der Waals surface area contributed by atoms with Crippen LogP contribution in [0.25, 0.3) is 0 Å². The first kappa shape index (κ1) is 20.7. The van der Waals surface area contributed by atoms with Gasteiger partial charge in [0, 0.05) is 19.5 Å². The largest absolute Gasteiger partial charge is 0.483 e. The van der Waals surface area contributed by atoms with E-state index in [-0.39, 0.29) is 24.9 Å². The third-order valence-electron chi connectivity index (χ3n) is 5.93. The molecule has 0 aliphatic carbocycles. The summed E-state index contributed by atoms with van der Waals surface area (Å²) in [6.45, 7) is 4.05. The monoisotopic (exact) mass is 400 g/mol. The van der Waals surface area contributed by atoms with Crippen molar-refractivity contribution in [3.8, 4) is 5.75 Å². The number of para-hydroxylation sites is 1. The zero-order valence-corrected chi connectivity index (χ0v) is 17.0. The Hall–Kier alpha value is -2.04. The second-order valence-corrected chi connectivity index (χ2v) is 7.70. The van der Waals surface area contributed by atoms with Crippen molar-refractivity contribution in [3.05, 3.63) is 65.7 Å². The topological polar surface area (TPSA) is 41.6 Å². The lowest BCUT2D eigenvalue weighted by molar-refractivity contribution is -0.133. The molecule has 0 spiro atoms. The highest BCUT2D eigenvalue weighted by Gasteiger charge is 2.31. The van der Waals surface area contributed by atoms with Gasteiger partial charge in [0.2, 0.25) is 0 Å². The van der Waals surface area contributed by atoms with Crippen LogP contribution in [0.15, 0.2) is 54.6 Å². The molecule has 2 aromatic carbocycles. The van der Waals surface area contributed by atoms with Gasteiger partial charge in [-0.3, -0.25) is 4.79 Å². The maximum Gasteiger partial charge on any atom is 0.260 e. The van der Waals surface area contributed by atoms with Crippen LogP contribution in [0.5, 0.6) is 5.75 Å². The number of benzene rings is 2. The van der Waals surface area contributed by atoms with Crippen molar-refractivity contribution in [1.82, 2.24) is 10.2 Å². The Balaban J connectivity index is 0.00000225. The van der Waals surface area contributed by atoms with Gasteiger partial charge in [0.15, 0.2) is 6.61 Å². The number of amides is 1. The highest BCUT2D eigenvalue weighted by molar-refractivity contribution is 5.85. The lowest BCUT2D eigenvalue weighted by atomic mass is 9.92. The number of carbonyl (C=O) groups is 1. The van der Waals surface area contributed by atoms with E-state index in [1.165, 1.54) is 5.56 Å². The van der Waals surface area contributed by atoms with E-state index in [1.54, 1.807) is 0 Å². The Bertz CT molecular complexity index is 754. The molecule has 2 aromatic rings. The van der Waals surface area contributed by atoms with E-state index in [0.717, 1.165) is 68.6 Å². The molecule has 2 aliphatic heterocycles. The predicted octanol–water partition coefficient (Wildman–Crippen LogP) is 3.54. The molecule has 0 bridgehead atoms. The molecule has 2 fully saturated rings. The van der Waals surface area contributed by atoms with Gasteiger partial charge in [-0.15, -0.1) is 12.4 Å². The number of hydrogen-bond donors (Lipinski definition) is 1. The highest BCUT2D eigenvalue weighted by atomic mass is 35.5. The number of nitrogens with one attached hydrogen (secondary N) is 1. The molecule has 2 saturated heterocycles. The Labute approximate surface area is 173 Å². The molecule has 0 radical (unpaired) electrons. The zero-order chi connectivity index (χ0) is 18.5. The maximum absolute atomic E-state index is 12.7. The smallest absolute Gasteiger partial charge is 0.260 e. The molecule has 4 rings (SSSR count). The molecule has 2 heterocycles. The van der Waals surface area contributed by atoms with Crippen molar-refractivity contribution in [2.45, 2.75) is 19.3 Å². The molecule has 0 aromatic heterocycles. The van der Waals surface area contributed by atoms with Crippen LogP contribution < -0.4 is 10.1 Å². The third kappa shape index (κ3) is 5.06. The summed E-state index contributed by atoms with van der Waals surface area (Å²) in [5.41, 5.74) is 2.36. The Kier molecular flexibility index (Phi) is 7.35. The van der Waals surface area contributed by atoms with Crippen LogP contribution in [0.2, 0.25) is 0 Å². The van der Waals surface area contributed by atoms with Gasteiger partial charge in [0.1, 0.15) is 5.75 Å². The number of halogens is 1. The van der Waals surface area contributed by atoms with Gasteiger partial charge in [-0.25, -0.2) is 0 Å². The summed E-state index contributed by atoms with van der Waals surface area (Å²) in [6, 6.07) is 18.4. The summed E-state index contributed by atoms with van der Waals surface area (Å²) in [4.78, 5) is 14.7. The van der Waals surface area contributed by atoms with Gasteiger partial charge in [-0.05, 0) is 55.0 Å².